The van der Waals surface area contributed by atoms with Crippen LogP contribution in [0.15, 0.2) is 23.1 Å². The highest BCUT2D eigenvalue weighted by Gasteiger charge is 2.60. The average molecular weight is 224 g/mol. The Labute approximate surface area is 71.5 Å². The van der Waals surface area contributed by atoms with E-state index in [0.717, 1.165) is 0 Å². The van der Waals surface area contributed by atoms with Crippen LogP contribution in [0.25, 0.3) is 0 Å². The topological polar surface area (TPSA) is 0 Å². The molecule has 1 rings (SSSR count). The molecule has 1 aliphatic carbocycles. The summed E-state index contributed by atoms with van der Waals surface area (Å²) in [6.45, 7) is 0. The van der Waals surface area contributed by atoms with Crippen LogP contribution < -0.4 is 0 Å². The summed E-state index contributed by atoms with van der Waals surface area (Å²) in [5.74, 6) is -13.3. The lowest BCUT2D eigenvalue weighted by Crippen LogP contribution is -2.34. The fraction of sp³-hybridized carbons (Fsp3) is 0.333. The number of hydrogen-bond acceptors (Lipinski definition) is 0. The Morgan fingerprint density at radius 1 is 1.07 bits per heavy atom. The molecule has 1 aliphatic rings. The molecule has 0 fully saturated rings. The van der Waals surface area contributed by atoms with Gasteiger partial charge < -0.3 is 0 Å². The summed E-state index contributed by atoms with van der Waals surface area (Å²) in [5.41, 5.74) is -2.58. The van der Waals surface area contributed by atoms with E-state index >= 15 is 0 Å². The van der Waals surface area contributed by atoms with Gasteiger partial charge in [-0.25, -0.2) is 13.2 Å². The third-order valence-electron chi connectivity index (χ3n) is 1.47. The molecule has 0 bridgehead atoms. The number of allylic oxidation sites excluding steroid dienone is 4. The van der Waals surface area contributed by atoms with Crippen molar-refractivity contribution in [3.05, 3.63) is 23.1 Å². The third-order valence-corrected chi connectivity index (χ3v) is 1.47. The molecule has 0 unspecified atom stereocenters. The Balaban J connectivity index is 3.29. The van der Waals surface area contributed by atoms with Gasteiger partial charge in [-0.3, -0.25) is 0 Å². The Morgan fingerprint density at radius 3 is 1.79 bits per heavy atom. The predicted molar refractivity (Wildman–Crippen MR) is 28.4 cm³/mol. The van der Waals surface area contributed by atoms with Gasteiger partial charge in [0.15, 0.2) is 5.83 Å². The summed E-state index contributed by atoms with van der Waals surface area (Å²) in [6.07, 6.45) is -5.75. The second-order valence-electron chi connectivity index (χ2n) is 2.39. The molecule has 0 spiro atoms. The van der Waals surface area contributed by atoms with Gasteiger partial charge >= 0.3 is 12.1 Å². The van der Waals surface area contributed by atoms with E-state index in [0.29, 0.717) is 0 Å². The number of rotatable bonds is 0. The molecule has 0 N–H and O–H groups in total. The summed E-state index contributed by atoms with van der Waals surface area (Å²) in [7, 11) is 0. The van der Waals surface area contributed by atoms with Gasteiger partial charge in [-0.1, -0.05) is 0 Å². The summed E-state index contributed by atoms with van der Waals surface area (Å²) >= 11 is 0. The van der Waals surface area contributed by atoms with E-state index in [1.54, 1.807) is 0 Å². The third kappa shape index (κ3) is 1.28. The zero-order valence-corrected chi connectivity index (χ0v) is 6.02. The molecule has 0 saturated heterocycles. The summed E-state index contributed by atoms with van der Waals surface area (Å²) in [5, 5.41) is 0. The van der Waals surface area contributed by atoms with Crippen LogP contribution in [0.3, 0.4) is 0 Å². The molecule has 0 nitrogen and oxygen atoms in total. The van der Waals surface area contributed by atoms with Crippen LogP contribution in [-0.4, -0.2) is 12.1 Å². The molecule has 0 heterocycles. The number of halogens is 8. The zero-order chi connectivity index (χ0) is 11.3. The van der Waals surface area contributed by atoms with Crippen molar-refractivity contribution in [1.82, 2.24) is 0 Å². The summed E-state index contributed by atoms with van der Waals surface area (Å²) in [6, 6.07) is 0. The minimum absolute atomic E-state index is 2.50. The van der Waals surface area contributed by atoms with Gasteiger partial charge in [0.1, 0.15) is 5.57 Å². The average Bonchev–Trinajstić information content (AvgIpc) is 2.01. The van der Waals surface area contributed by atoms with Crippen molar-refractivity contribution in [3.63, 3.8) is 0 Å². The van der Waals surface area contributed by atoms with Crippen LogP contribution >= 0.6 is 0 Å². The van der Waals surface area contributed by atoms with Gasteiger partial charge in [0.2, 0.25) is 11.7 Å². The molecule has 8 heteroatoms. The second-order valence-corrected chi connectivity index (χ2v) is 2.39. The summed E-state index contributed by atoms with van der Waals surface area (Å²) < 4.78 is 94.8. The number of alkyl halides is 5. The maximum absolute atomic E-state index is 12.2. The fourth-order valence-electron chi connectivity index (χ4n) is 0.809. The van der Waals surface area contributed by atoms with E-state index in [9.17, 15) is 35.1 Å². The minimum Gasteiger partial charge on any atom is -0.203 e. The smallest absolute Gasteiger partial charge is 0.203 e. The maximum Gasteiger partial charge on any atom is 0.443 e. The van der Waals surface area contributed by atoms with Crippen LogP contribution in [0.4, 0.5) is 35.1 Å². The lowest BCUT2D eigenvalue weighted by Gasteiger charge is -2.27. The van der Waals surface area contributed by atoms with Crippen LogP contribution in [0.1, 0.15) is 0 Å². The van der Waals surface area contributed by atoms with Gasteiger partial charge in [0, 0.05) is 0 Å². The van der Waals surface area contributed by atoms with Crippen molar-refractivity contribution in [1.29, 1.82) is 0 Å². The standard InChI is InChI=1S/C6F8/c7-2-1(3(8)6(12,13)14)5(10,11)4(2)9/b3-1-. The van der Waals surface area contributed by atoms with E-state index in [1.165, 1.54) is 0 Å². The van der Waals surface area contributed by atoms with E-state index in [-0.39, 0.29) is 0 Å². The van der Waals surface area contributed by atoms with Crippen LogP contribution in [-0.2, 0) is 0 Å². The van der Waals surface area contributed by atoms with Crippen LogP contribution in [0, 0.1) is 0 Å². The van der Waals surface area contributed by atoms with Crippen molar-refractivity contribution in [2.45, 2.75) is 12.1 Å². The van der Waals surface area contributed by atoms with Crippen LogP contribution in [0.5, 0.6) is 0 Å². The molecule has 14 heavy (non-hydrogen) atoms. The zero-order valence-electron chi connectivity index (χ0n) is 6.02. The molecule has 0 amide bonds. The van der Waals surface area contributed by atoms with Gasteiger partial charge in [-0.15, -0.1) is 0 Å². The summed E-state index contributed by atoms with van der Waals surface area (Å²) in [4.78, 5) is 0. The highest BCUT2D eigenvalue weighted by atomic mass is 19.4. The molecule has 80 valence electrons. The maximum atomic E-state index is 12.2. The first-order chi connectivity index (χ1) is 6.10. The highest BCUT2D eigenvalue weighted by molar-refractivity contribution is 5.52. The van der Waals surface area contributed by atoms with Crippen molar-refractivity contribution in [3.8, 4) is 0 Å². The van der Waals surface area contributed by atoms with Gasteiger partial charge in [-0.05, 0) is 0 Å². The molecule has 0 aromatic carbocycles. The first-order valence-corrected chi connectivity index (χ1v) is 3.01. The second kappa shape index (κ2) is 2.71. The normalized spacial score (nSPS) is 24.9. The first kappa shape index (κ1) is 11.0. The van der Waals surface area contributed by atoms with E-state index in [4.69, 9.17) is 0 Å². The van der Waals surface area contributed by atoms with Gasteiger partial charge in [-0.2, -0.15) is 22.0 Å². The molecule has 0 radical (unpaired) electrons. The van der Waals surface area contributed by atoms with Gasteiger partial charge in [0.05, 0.1) is 0 Å². The highest BCUT2D eigenvalue weighted by Crippen LogP contribution is 2.53. The van der Waals surface area contributed by atoms with Crippen molar-refractivity contribution in [2.75, 3.05) is 0 Å². The molecule has 0 atom stereocenters. The van der Waals surface area contributed by atoms with Crippen molar-refractivity contribution < 1.29 is 35.1 Å². The largest absolute Gasteiger partial charge is 0.443 e. The lowest BCUT2D eigenvalue weighted by atomic mass is 9.93. The van der Waals surface area contributed by atoms with Crippen molar-refractivity contribution >= 4 is 0 Å². The Bertz CT molecular complexity index is 330. The fourth-order valence-corrected chi connectivity index (χ4v) is 0.809. The molecular weight excluding hydrogens is 224 g/mol. The van der Waals surface area contributed by atoms with Crippen LogP contribution in [0.2, 0.25) is 0 Å². The Hall–Kier alpha value is -1.08. The van der Waals surface area contributed by atoms with Crippen molar-refractivity contribution in [2.24, 2.45) is 0 Å². The molecule has 0 saturated carbocycles. The monoisotopic (exact) mass is 224 g/mol. The van der Waals surface area contributed by atoms with E-state index in [2.05, 4.69) is 0 Å². The Morgan fingerprint density at radius 2 is 1.50 bits per heavy atom. The predicted octanol–water partition coefficient (Wildman–Crippen LogP) is 3.57. The first-order valence-electron chi connectivity index (χ1n) is 3.01. The minimum atomic E-state index is -5.75. The van der Waals surface area contributed by atoms with Gasteiger partial charge in [0.25, 0.3) is 0 Å². The van der Waals surface area contributed by atoms with E-state index in [1.807, 2.05) is 0 Å². The SMILES string of the molecule is FC1=C(F)C(F)(F)/C1=C(\F)C(F)(F)F. The van der Waals surface area contributed by atoms with E-state index < -0.39 is 35.2 Å². The quantitative estimate of drug-likeness (QED) is 0.551. The number of hydrogen-bond donors (Lipinski definition) is 0. The molecule has 0 aliphatic heterocycles. The molecular formula is C6F8. The molecule has 0 aromatic rings. The molecule has 0 aromatic heterocycles. The lowest BCUT2D eigenvalue weighted by molar-refractivity contribution is -0.114. The Kier molecular flexibility index (Phi) is 2.13.